The third-order valence-electron chi connectivity index (χ3n) is 6.39. The molecule has 1 atom stereocenters. The molecule has 0 bridgehead atoms. The van der Waals surface area contributed by atoms with E-state index in [2.05, 4.69) is 11.1 Å². The van der Waals surface area contributed by atoms with E-state index in [0.717, 1.165) is 56.8 Å². The van der Waals surface area contributed by atoms with E-state index >= 15 is 0 Å². The van der Waals surface area contributed by atoms with Gasteiger partial charge in [-0.05, 0) is 43.0 Å². The second-order valence-electron chi connectivity index (χ2n) is 8.01. The minimum Gasteiger partial charge on any atom is -0.495 e. The van der Waals surface area contributed by atoms with E-state index in [9.17, 15) is 4.79 Å². The molecule has 2 aromatic rings. The number of rotatable bonds is 3. The van der Waals surface area contributed by atoms with Crippen molar-refractivity contribution in [3.8, 4) is 16.3 Å². The zero-order valence-electron chi connectivity index (χ0n) is 16.7. The zero-order valence-corrected chi connectivity index (χ0v) is 17.5. The van der Waals surface area contributed by atoms with E-state index in [1.807, 2.05) is 28.4 Å². The molecular weight excluding hydrogens is 388 g/mol. The van der Waals surface area contributed by atoms with Crippen LogP contribution in [-0.4, -0.2) is 55.8 Å². The number of hydrogen-bond acceptors (Lipinski definition) is 6. The van der Waals surface area contributed by atoms with Crippen molar-refractivity contribution in [2.45, 2.75) is 31.3 Å². The summed E-state index contributed by atoms with van der Waals surface area (Å²) in [6.07, 6.45) is 5.26. The largest absolute Gasteiger partial charge is 0.495 e. The maximum Gasteiger partial charge on any atom is 0.228 e. The van der Waals surface area contributed by atoms with E-state index in [0.29, 0.717) is 13.2 Å². The molecule has 0 aliphatic carbocycles. The maximum absolute atomic E-state index is 12.7. The molecule has 0 saturated carbocycles. The Kier molecular flexibility index (Phi) is 5.05. The van der Waals surface area contributed by atoms with Crippen LogP contribution < -0.4 is 4.74 Å². The highest BCUT2D eigenvalue weighted by molar-refractivity contribution is 7.15. The number of hydrogen-bond donors (Lipinski definition) is 0. The summed E-state index contributed by atoms with van der Waals surface area (Å²) in [7, 11) is 1.65. The van der Waals surface area contributed by atoms with Gasteiger partial charge in [0.1, 0.15) is 5.75 Å². The topological polar surface area (TPSA) is 60.9 Å². The van der Waals surface area contributed by atoms with Crippen molar-refractivity contribution >= 4 is 17.2 Å². The van der Waals surface area contributed by atoms with Crippen molar-refractivity contribution in [1.82, 2.24) is 9.88 Å². The molecule has 154 valence electrons. The monoisotopic (exact) mass is 414 g/mol. The van der Waals surface area contributed by atoms with Gasteiger partial charge in [0.05, 0.1) is 48.6 Å². The maximum atomic E-state index is 12.7. The number of piperidine rings is 1. The molecule has 1 spiro atoms. The Labute approximate surface area is 174 Å². The number of carbonyl (C=O) groups is 1. The van der Waals surface area contributed by atoms with Crippen LogP contribution in [0.4, 0.5) is 0 Å². The number of nitrogens with zero attached hydrogens (tertiary/aromatic N) is 2. The van der Waals surface area contributed by atoms with Crippen molar-refractivity contribution in [3.63, 3.8) is 0 Å². The van der Waals surface area contributed by atoms with Gasteiger partial charge < -0.3 is 19.1 Å². The fourth-order valence-corrected chi connectivity index (χ4v) is 5.89. The summed E-state index contributed by atoms with van der Waals surface area (Å²) in [6, 6.07) is 6.22. The van der Waals surface area contributed by atoms with Gasteiger partial charge in [-0.3, -0.25) is 9.78 Å². The highest BCUT2D eigenvalue weighted by atomic mass is 32.1. The number of thiophene rings is 1. The number of likely N-dealkylation sites (tertiary alicyclic amines) is 1. The summed E-state index contributed by atoms with van der Waals surface area (Å²) in [6.45, 7) is 3.52. The van der Waals surface area contributed by atoms with Crippen LogP contribution in [0.1, 0.15) is 29.7 Å². The van der Waals surface area contributed by atoms with Crippen LogP contribution in [0, 0.1) is 5.92 Å². The standard InChI is InChI=1S/C22H26N2O4S/c1-26-16-2-3-18(23-13-16)20-12-17-19(29-20)5-11-28-22(17)6-8-24(9-7-22)21(25)15-4-10-27-14-15/h2-3,12-13,15H,4-11,14H2,1H3. The van der Waals surface area contributed by atoms with Gasteiger partial charge in [0, 0.05) is 31.0 Å². The summed E-state index contributed by atoms with van der Waals surface area (Å²) >= 11 is 1.82. The summed E-state index contributed by atoms with van der Waals surface area (Å²) < 4.78 is 17.0. The molecule has 2 fully saturated rings. The number of pyridine rings is 1. The average Bonchev–Trinajstić information content (AvgIpc) is 3.45. The Morgan fingerprint density at radius 1 is 1.31 bits per heavy atom. The lowest BCUT2D eigenvalue weighted by Gasteiger charge is -2.44. The van der Waals surface area contributed by atoms with E-state index in [-0.39, 0.29) is 17.4 Å². The van der Waals surface area contributed by atoms with E-state index in [4.69, 9.17) is 14.2 Å². The molecule has 1 unspecified atom stereocenters. The van der Waals surface area contributed by atoms with Crippen LogP contribution >= 0.6 is 11.3 Å². The van der Waals surface area contributed by atoms with Crippen molar-refractivity contribution in [2.75, 3.05) is 40.0 Å². The van der Waals surface area contributed by atoms with Crippen molar-refractivity contribution < 1.29 is 19.0 Å². The molecule has 7 heteroatoms. The van der Waals surface area contributed by atoms with Crippen LogP contribution in [0.3, 0.4) is 0 Å². The molecule has 2 saturated heterocycles. The highest BCUT2D eigenvalue weighted by Gasteiger charge is 2.43. The zero-order chi connectivity index (χ0) is 19.8. The van der Waals surface area contributed by atoms with Crippen LogP contribution in [0.5, 0.6) is 5.75 Å². The molecule has 5 rings (SSSR count). The van der Waals surface area contributed by atoms with Gasteiger partial charge in [0.25, 0.3) is 0 Å². The minimum atomic E-state index is -0.266. The Hall–Kier alpha value is -1.96. The second kappa shape index (κ2) is 7.70. The third-order valence-corrected chi connectivity index (χ3v) is 7.61. The lowest BCUT2D eigenvalue weighted by molar-refractivity contribution is -0.144. The molecule has 0 radical (unpaired) electrons. The highest BCUT2D eigenvalue weighted by Crippen LogP contribution is 2.46. The third kappa shape index (κ3) is 3.45. The van der Waals surface area contributed by atoms with Crippen LogP contribution in [0.25, 0.3) is 10.6 Å². The van der Waals surface area contributed by atoms with Gasteiger partial charge in [0.2, 0.25) is 5.91 Å². The number of carbonyl (C=O) groups excluding carboxylic acids is 1. The van der Waals surface area contributed by atoms with E-state index in [1.54, 1.807) is 13.3 Å². The Bertz CT molecular complexity index is 881. The molecular formula is C22H26N2O4S. The predicted molar refractivity (Wildman–Crippen MR) is 110 cm³/mol. The first-order chi connectivity index (χ1) is 14.2. The van der Waals surface area contributed by atoms with E-state index < -0.39 is 0 Å². The second-order valence-corrected chi connectivity index (χ2v) is 9.15. The fraction of sp³-hybridized carbons (Fsp3) is 0.545. The van der Waals surface area contributed by atoms with Crippen LogP contribution in [0.2, 0.25) is 0 Å². The van der Waals surface area contributed by atoms with Gasteiger partial charge in [-0.25, -0.2) is 0 Å². The smallest absolute Gasteiger partial charge is 0.228 e. The lowest BCUT2D eigenvalue weighted by Crippen LogP contribution is -2.49. The Balaban J connectivity index is 1.35. The molecule has 5 heterocycles. The SMILES string of the molecule is COc1ccc(-c2cc3c(s2)CCOC32CCN(C(=O)C3CCOC3)CC2)nc1. The number of ether oxygens (including phenoxy) is 3. The Morgan fingerprint density at radius 2 is 2.17 bits per heavy atom. The van der Waals surface area contributed by atoms with Gasteiger partial charge in [0.15, 0.2) is 0 Å². The van der Waals surface area contributed by atoms with Crippen LogP contribution in [-0.2, 0) is 26.3 Å². The quantitative estimate of drug-likeness (QED) is 0.772. The van der Waals surface area contributed by atoms with Crippen molar-refractivity contribution in [3.05, 3.63) is 34.8 Å². The molecule has 29 heavy (non-hydrogen) atoms. The number of fused-ring (bicyclic) bond motifs is 2. The number of aromatic nitrogens is 1. The number of methoxy groups -OCH3 is 1. The van der Waals surface area contributed by atoms with E-state index in [1.165, 1.54) is 15.3 Å². The van der Waals surface area contributed by atoms with Gasteiger partial charge in [-0.15, -0.1) is 11.3 Å². The molecule has 1 amide bonds. The first-order valence-corrected chi connectivity index (χ1v) is 11.1. The van der Waals surface area contributed by atoms with Gasteiger partial charge >= 0.3 is 0 Å². The molecule has 6 nitrogen and oxygen atoms in total. The fourth-order valence-electron chi connectivity index (χ4n) is 4.68. The average molecular weight is 415 g/mol. The Morgan fingerprint density at radius 3 is 2.86 bits per heavy atom. The summed E-state index contributed by atoms with van der Waals surface area (Å²) in [5, 5.41) is 0. The first-order valence-electron chi connectivity index (χ1n) is 10.3. The van der Waals surface area contributed by atoms with Gasteiger partial charge in [-0.2, -0.15) is 0 Å². The van der Waals surface area contributed by atoms with Crippen molar-refractivity contribution in [1.29, 1.82) is 0 Å². The predicted octanol–water partition coefficient (Wildman–Crippen LogP) is 3.25. The molecule has 0 N–H and O–H groups in total. The molecule has 2 aromatic heterocycles. The summed E-state index contributed by atoms with van der Waals surface area (Å²) in [5.74, 6) is 1.06. The number of amides is 1. The lowest BCUT2D eigenvalue weighted by atomic mass is 9.82. The normalized spacial score (nSPS) is 23.2. The summed E-state index contributed by atoms with van der Waals surface area (Å²) in [5.41, 5.74) is 2.00. The first kappa shape index (κ1) is 19.0. The minimum absolute atomic E-state index is 0.0424. The van der Waals surface area contributed by atoms with Crippen LogP contribution in [0.15, 0.2) is 24.4 Å². The van der Waals surface area contributed by atoms with Gasteiger partial charge in [-0.1, -0.05) is 0 Å². The molecule has 3 aliphatic rings. The molecule has 3 aliphatic heterocycles. The molecule has 0 aromatic carbocycles. The van der Waals surface area contributed by atoms with Crippen molar-refractivity contribution in [2.24, 2.45) is 5.92 Å². The summed E-state index contributed by atoms with van der Waals surface area (Å²) in [4.78, 5) is 21.9.